The summed E-state index contributed by atoms with van der Waals surface area (Å²) in [5.41, 5.74) is 8.19. The number of benzene rings is 2. The fourth-order valence-corrected chi connectivity index (χ4v) is 3.75. The Morgan fingerprint density at radius 2 is 1.93 bits per heavy atom. The largest absolute Gasteiger partial charge is 0.454 e. The second-order valence-electron chi connectivity index (χ2n) is 6.68. The number of thioether (sulfide) groups is 1. The number of ether oxygens (including phenoxy) is 2. The SMILES string of the molecule is Cc1ccc(N2C(=O)/C(=C/c3ccc4c(c3)OCO4)N=C2S[C@@H](C)C(N)=O)cc1. The van der Waals surface area contributed by atoms with Gasteiger partial charge in [0.2, 0.25) is 12.7 Å². The lowest BCUT2D eigenvalue weighted by atomic mass is 10.1. The first-order valence-corrected chi connectivity index (χ1v) is 9.87. The molecule has 2 aliphatic heterocycles. The topological polar surface area (TPSA) is 94.2 Å². The molecule has 2 aromatic carbocycles. The third-order valence-electron chi connectivity index (χ3n) is 4.50. The van der Waals surface area contributed by atoms with Crippen LogP contribution in [0.4, 0.5) is 5.69 Å². The van der Waals surface area contributed by atoms with Crippen LogP contribution in [0.5, 0.6) is 11.5 Å². The van der Waals surface area contributed by atoms with E-state index >= 15 is 0 Å². The standard InChI is InChI=1S/C21H19N3O4S/c1-12-3-6-15(7-4-12)24-20(26)16(23-21(24)29-13(2)19(22)25)9-14-5-8-17-18(10-14)28-11-27-17/h3-10,13H,11H2,1-2H3,(H2,22,25)/b16-9-/t13-/m0/s1. The third-order valence-corrected chi connectivity index (χ3v) is 5.58. The smallest absolute Gasteiger partial charge is 0.283 e. The van der Waals surface area contributed by atoms with E-state index in [1.807, 2.05) is 37.3 Å². The molecule has 0 aromatic heterocycles. The second kappa shape index (κ2) is 7.63. The Morgan fingerprint density at radius 1 is 1.21 bits per heavy atom. The number of primary amides is 1. The molecule has 0 radical (unpaired) electrons. The van der Waals surface area contributed by atoms with Crippen LogP contribution in [0, 0.1) is 6.92 Å². The van der Waals surface area contributed by atoms with Crippen molar-refractivity contribution in [3.63, 3.8) is 0 Å². The molecule has 1 atom stereocenters. The highest BCUT2D eigenvalue weighted by Gasteiger charge is 2.33. The van der Waals surface area contributed by atoms with Crippen molar-refractivity contribution in [3.05, 3.63) is 59.3 Å². The van der Waals surface area contributed by atoms with Gasteiger partial charge in [-0.1, -0.05) is 35.5 Å². The van der Waals surface area contributed by atoms with Gasteiger partial charge in [-0.15, -0.1) is 0 Å². The summed E-state index contributed by atoms with van der Waals surface area (Å²) in [6, 6.07) is 13.0. The van der Waals surface area contributed by atoms with Crippen LogP contribution in [0.25, 0.3) is 6.08 Å². The molecule has 8 heteroatoms. The second-order valence-corrected chi connectivity index (χ2v) is 7.98. The van der Waals surface area contributed by atoms with E-state index in [2.05, 4.69) is 4.99 Å². The van der Waals surface area contributed by atoms with Crippen molar-refractivity contribution in [1.29, 1.82) is 0 Å². The van der Waals surface area contributed by atoms with Crippen molar-refractivity contribution in [2.75, 3.05) is 11.7 Å². The molecule has 2 N–H and O–H groups in total. The Kier molecular flexibility index (Phi) is 5.02. The van der Waals surface area contributed by atoms with Gasteiger partial charge in [0.1, 0.15) is 5.70 Å². The summed E-state index contributed by atoms with van der Waals surface area (Å²) in [5.74, 6) is 0.551. The minimum atomic E-state index is -0.528. The van der Waals surface area contributed by atoms with Crippen LogP contribution in [-0.4, -0.2) is 29.0 Å². The first-order chi connectivity index (χ1) is 13.9. The van der Waals surface area contributed by atoms with Crippen LogP contribution in [0.2, 0.25) is 0 Å². The van der Waals surface area contributed by atoms with Gasteiger partial charge in [0.05, 0.1) is 10.9 Å². The summed E-state index contributed by atoms with van der Waals surface area (Å²) < 4.78 is 10.7. The number of carbonyl (C=O) groups is 2. The molecular weight excluding hydrogens is 390 g/mol. The fourth-order valence-electron chi connectivity index (χ4n) is 2.87. The van der Waals surface area contributed by atoms with E-state index < -0.39 is 11.2 Å². The Labute approximate surface area is 172 Å². The first-order valence-electron chi connectivity index (χ1n) is 8.99. The Bertz CT molecular complexity index is 1050. The van der Waals surface area contributed by atoms with Gasteiger partial charge in [-0.2, -0.15) is 0 Å². The summed E-state index contributed by atoms with van der Waals surface area (Å²) in [4.78, 5) is 30.7. The zero-order valence-corrected chi connectivity index (χ0v) is 16.7. The number of hydrogen-bond acceptors (Lipinski definition) is 6. The van der Waals surface area contributed by atoms with Gasteiger partial charge in [0, 0.05) is 0 Å². The van der Waals surface area contributed by atoms with Crippen molar-refractivity contribution in [2.24, 2.45) is 10.7 Å². The summed E-state index contributed by atoms with van der Waals surface area (Å²) in [6.07, 6.45) is 1.69. The summed E-state index contributed by atoms with van der Waals surface area (Å²) in [6.45, 7) is 3.84. The molecule has 148 valence electrons. The predicted molar refractivity (Wildman–Crippen MR) is 113 cm³/mol. The van der Waals surface area contributed by atoms with Gasteiger partial charge < -0.3 is 15.2 Å². The van der Waals surface area contributed by atoms with E-state index in [0.29, 0.717) is 22.4 Å². The van der Waals surface area contributed by atoms with E-state index in [9.17, 15) is 9.59 Å². The van der Waals surface area contributed by atoms with E-state index in [0.717, 1.165) is 22.9 Å². The maximum Gasteiger partial charge on any atom is 0.283 e. The minimum absolute atomic E-state index is 0.180. The summed E-state index contributed by atoms with van der Waals surface area (Å²) in [5, 5.41) is -0.114. The molecule has 29 heavy (non-hydrogen) atoms. The Hall–Kier alpha value is -3.26. The van der Waals surface area contributed by atoms with E-state index in [-0.39, 0.29) is 18.4 Å². The number of anilines is 1. The highest BCUT2D eigenvalue weighted by atomic mass is 32.2. The molecular formula is C21H19N3O4S. The van der Waals surface area contributed by atoms with Gasteiger partial charge in [-0.25, -0.2) is 4.99 Å². The van der Waals surface area contributed by atoms with Crippen molar-refractivity contribution >= 4 is 40.5 Å². The highest BCUT2D eigenvalue weighted by Crippen LogP contribution is 2.35. The molecule has 0 bridgehead atoms. The first kappa shape index (κ1) is 19.1. The number of amides is 2. The van der Waals surface area contributed by atoms with E-state index in [1.165, 1.54) is 4.90 Å². The van der Waals surface area contributed by atoms with Gasteiger partial charge in [0.25, 0.3) is 5.91 Å². The number of nitrogens with zero attached hydrogens (tertiary/aromatic N) is 2. The van der Waals surface area contributed by atoms with Crippen LogP contribution >= 0.6 is 11.8 Å². The van der Waals surface area contributed by atoms with Gasteiger partial charge >= 0.3 is 0 Å². The predicted octanol–water partition coefficient (Wildman–Crippen LogP) is 3.07. The van der Waals surface area contributed by atoms with E-state index in [4.69, 9.17) is 15.2 Å². The molecule has 7 nitrogen and oxygen atoms in total. The van der Waals surface area contributed by atoms with Crippen LogP contribution in [0.1, 0.15) is 18.1 Å². The molecule has 0 aliphatic carbocycles. The average molecular weight is 409 g/mol. The highest BCUT2D eigenvalue weighted by molar-refractivity contribution is 8.15. The number of fused-ring (bicyclic) bond motifs is 1. The number of amidine groups is 1. The lowest BCUT2D eigenvalue weighted by molar-refractivity contribution is -0.117. The van der Waals surface area contributed by atoms with Crippen LogP contribution in [-0.2, 0) is 9.59 Å². The summed E-state index contributed by atoms with van der Waals surface area (Å²) >= 11 is 1.16. The lowest BCUT2D eigenvalue weighted by Gasteiger charge is -2.19. The molecule has 2 heterocycles. The maximum atomic E-state index is 13.1. The minimum Gasteiger partial charge on any atom is -0.454 e. The van der Waals surface area contributed by atoms with Crippen LogP contribution in [0.15, 0.2) is 53.2 Å². The van der Waals surface area contributed by atoms with Crippen LogP contribution < -0.4 is 20.1 Å². The monoisotopic (exact) mass is 409 g/mol. The molecule has 2 aromatic rings. The molecule has 2 aliphatic rings. The number of aliphatic imine (C=N–C) groups is 1. The molecule has 0 saturated heterocycles. The zero-order chi connectivity index (χ0) is 20.5. The summed E-state index contributed by atoms with van der Waals surface area (Å²) in [7, 11) is 0. The normalized spacial score (nSPS) is 17.6. The van der Waals surface area contributed by atoms with Gasteiger partial charge in [-0.05, 0) is 49.8 Å². The maximum absolute atomic E-state index is 13.1. The molecule has 0 saturated carbocycles. The van der Waals surface area contributed by atoms with Crippen LogP contribution in [0.3, 0.4) is 0 Å². The van der Waals surface area contributed by atoms with Crippen molar-refractivity contribution in [3.8, 4) is 11.5 Å². The number of carbonyl (C=O) groups excluding carboxylic acids is 2. The number of nitrogens with two attached hydrogens (primary N) is 1. The van der Waals surface area contributed by atoms with Crippen molar-refractivity contribution in [2.45, 2.75) is 19.1 Å². The quantitative estimate of drug-likeness (QED) is 0.783. The third kappa shape index (κ3) is 3.84. The number of rotatable bonds is 4. The molecule has 0 unspecified atom stereocenters. The number of hydrogen-bond donors (Lipinski definition) is 1. The molecule has 2 amide bonds. The fraction of sp³-hybridized carbons (Fsp3) is 0.190. The zero-order valence-electron chi connectivity index (χ0n) is 15.9. The van der Waals surface area contributed by atoms with Gasteiger partial charge in [-0.3, -0.25) is 14.5 Å². The van der Waals surface area contributed by atoms with Crippen molar-refractivity contribution < 1.29 is 19.1 Å². The Morgan fingerprint density at radius 3 is 2.66 bits per heavy atom. The Balaban J connectivity index is 1.70. The van der Waals surface area contributed by atoms with Gasteiger partial charge in [0.15, 0.2) is 16.7 Å². The molecule has 0 spiro atoms. The van der Waals surface area contributed by atoms with Crippen molar-refractivity contribution in [1.82, 2.24) is 0 Å². The molecule has 0 fully saturated rings. The number of aryl methyl sites for hydroxylation is 1. The van der Waals surface area contributed by atoms with E-state index in [1.54, 1.807) is 25.1 Å². The molecule has 4 rings (SSSR count). The lowest BCUT2D eigenvalue weighted by Crippen LogP contribution is -2.33. The average Bonchev–Trinajstić information content (AvgIpc) is 3.27.